The molecule has 0 aromatic heterocycles. The molecule has 1 unspecified atom stereocenters. The van der Waals surface area contributed by atoms with E-state index in [4.69, 9.17) is 5.73 Å². The predicted molar refractivity (Wildman–Crippen MR) is 63.3 cm³/mol. The molecule has 0 aliphatic heterocycles. The molecule has 0 spiro atoms. The highest BCUT2D eigenvalue weighted by Crippen LogP contribution is 1.98. The van der Waals surface area contributed by atoms with Crippen molar-refractivity contribution in [3.63, 3.8) is 0 Å². The first kappa shape index (κ1) is 17.0. The Labute approximate surface area is 100 Å². The number of carbonyl (C=O) groups excluding carboxylic acids is 2. The number of nitrogens with two attached hydrogens (primary N) is 1. The van der Waals surface area contributed by atoms with Gasteiger partial charge >= 0.3 is 5.97 Å². The second-order valence-corrected chi connectivity index (χ2v) is 3.74. The van der Waals surface area contributed by atoms with Gasteiger partial charge < -0.3 is 15.4 Å². The van der Waals surface area contributed by atoms with Gasteiger partial charge in [0.25, 0.3) is 0 Å². The summed E-state index contributed by atoms with van der Waals surface area (Å²) in [4.78, 5) is 23.6. The van der Waals surface area contributed by atoms with Crippen LogP contribution in [0.1, 0.15) is 0 Å². The summed E-state index contributed by atoms with van der Waals surface area (Å²) in [6.45, 7) is -0.0581. The molecule has 0 radical (unpaired) electrons. The summed E-state index contributed by atoms with van der Waals surface area (Å²) in [6, 6.07) is -0.556. The number of esters is 1. The van der Waals surface area contributed by atoms with Crippen LogP contribution in [0.15, 0.2) is 0 Å². The Balaban J connectivity index is 0. The fraction of sp³-hybridized carbons (Fsp3) is 0.750. The lowest BCUT2D eigenvalue weighted by Gasteiger charge is -2.19. The van der Waals surface area contributed by atoms with Gasteiger partial charge in [0.15, 0.2) is 0 Å². The maximum Gasteiger partial charge on any atom is 0.325 e. The topological polar surface area (TPSA) is 72.6 Å². The van der Waals surface area contributed by atoms with Crippen molar-refractivity contribution in [2.24, 2.45) is 5.73 Å². The van der Waals surface area contributed by atoms with E-state index in [-0.39, 0.29) is 24.9 Å². The fourth-order valence-corrected chi connectivity index (χ4v) is 1.37. The van der Waals surface area contributed by atoms with Gasteiger partial charge in [-0.15, -0.1) is 12.4 Å². The smallest absolute Gasteiger partial charge is 0.325 e. The minimum absolute atomic E-state index is 0. The van der Waals surface area contributed by atoms with E-state index in [0.717, 1.165) is 0 Å². The first-order valence-corrected chi connectivity index (χ1v) is 5.48. The molecule has 1 amide bonds. The number of rotatable bonds is 5. The summed E-state index contributed by atoms with van der Waals surface area (Å²) in [6.07, 6.45) is 1.87. The largest absolute Gasteiger partial charge is 0.468 e. The second-order valence-electron chi connectivity index (χ2n) is 2.83. The Morgan fingerprint density at radius 1 is 1.53 bits per heavy atom. The lowest BCUT2D eigenvalue weighted by atomic mass is 10.3. The van der Waals surface area contributed by atoms with Crippen molar-refractivity contribution in [2.75, 3.05) is 32.7 Å². The molecule has 90 valence electrons. The third kappa shape index (κ3) is 6.59. The van der Waals surface area contributed by atoms with Crippen molar-refractivity contribution in [3.8, 4) is 0 Å². The van der Waals surface area contributed by atoms with Crippen LogP contribution in [-0.2, 0) is 14.3 Å². The zero-order valence-corrected chi connectivity index (χ0v) is 10.7. The number of nitrogens with zero attached hydrogens (tertiary/aromatic N) is 1. The van der Waals surface area contributed by atoms with E-state index in [0.29, 0.717) is 5.75 Å². The van der Waals surface area contributed by atoms with Crippen LogP contribution in [-0.4, -0.2) is 55.5 Å². The van der Waals surface area contributed by atoms with Crippen LogP contribution >= 0.6 is 24.2 Å². The van der Waals surface area contributed by atoms with Gasteiger partial charge in [-0.3, -0.25) is 9.59 Å². The Morgan fingerprint density at radius 3 is 2.47 bits per heavy atom. The average molecular weight is 257 g/mol. The maximum atomic E-state index is 11.5. The third-order valence-electron chi connectivity index (χ3n) is 1.63. The van der Waals surface area contributed by atoms with Crippen molar-refractivity contribution < 1.29 is 14.3 Å². The van der Waals surface area contributed by atoms with Gasteiger partial charge in [-0.2, -0.15) is 11.8 Å². The van der Waals surface area contributed by atoms with E-state index in [1.807, 2.05) is 6.26 Å². The van der Waals surface area contributed by atoms with Gasteiger partial charge in [0, 0.05) is 12.8 Å². The Bertz CT molecular complexity index is 216. The average Bonchev–Trinajstić information content (AvgIpc) is 2.16. The molecule has 2 N–H and O–H groups in total. The van der Waals surface area contributed by atoms with Crippen LogP contribution in [0, 0.1) is 0 Å². The number of amides is 1. The molecule has 0 saturated heterocycles. The fourth-order valence-electron chi connectivity index (χ4n) is 0.870. The minimum atomic E-state index is -0.556. The molecule has 5 nitrogen and oxygen atoms in total. The summed E-state index contributed by atoms with van der Waals surface area (Å²) in [5.74, 6) is -0.147. The van der Waals surface area contributed by atoms with Gasteiger partial charge in [0.2, 0.25) is 5.91 Å². The lowest BCUT2D eigenvalue weighted by Crippen LogP contribution is -2.45. The van der Waals surface area contributed by atoms with Crippen molar-refractivity contribution in [1.82, 2.24) is 4.90 Å². The summed E-state index contributed by atoms with van der Waals surface area (Å²) in [5.41, 5.74) is 5.58. The number of hydrogen-bond donors (Lipinski definition) is 1. The zero-order chi connectivity index (χ0) is 11.1. The molecule has 0 rings (SSSR count). The van der Waals surface area contributed by atoms with Crippen LogP contribution in [0.25, 0.3) is 0 Å². The van der Waals surface area contributed by atoms with E-state index in [1.54, 1.807) is 0 Å². The Morgan fingerprint density at radius 2 is 2.07 bits per heavy atom. The van der Waals surface area contributed by atoms with Crippen LogP contribution in [0.2, 0.25) is 0 Å². The summed E-state index contributed by atoms with van der Waals surface area (Å²) >= 11 is 1.49. The van der Waals surface area contributed by atoms with E-state index in [9.17, 15) is 9.59 Å². The van der Waals surface area contributed by atoms with Gasteiger partial charge in [-0.1, -0.05) is 0 Å². The van der Waals surface area contributed by atoms with Crippen LogP contribution in [0.3, 0.4) is 0 Å². The minimum Gasteiger partial charge on any atom is -0.468 e. The number of ether oxygens (including phenoxy) is 1. The van der Waals surface area contributed by atoms with Gasteiger partial charge in [-0.05, 0) is 6.26 Å². The molecule has 0 aliphatic carbocycles. The van der Waals surface area contributed by atoms with Gasteiger partial charge in [-0.25, -0.2) is 0 Å². The van der Waals surface area contributed by atoms with Crippen LogP contribution in [0.4, 0.5) is 0 Å². The van der Waals surface area contributed by atoms with Gasteiger partial charge in [0.05, 0.1) is 13.2 Å². The number of halogens is 1. The molecular weight excluding hydrogens is 240 g/mol. The third-order valence-corrected chi connectivity index (χ3v) is 2.33. The summed E-state index contributed by atoms with van der Waals surface area (Å²) in [5, 5.41) is 0. The number of carbonyl (C=O) groups is 2. The highest BCUT2D eigenvalue weighted by Gasteiger charge is 2.19. The molecule has 0 aromatic rings. The molecule has 0 heterocycles. The maximum absolute atomic E-state index is 11.5. The first-order valence-electron chi connectivity index (χ1n) is 4.09. The van der Waals surface area contributed by atoms with Crippen molar-refractivity contribution in [1.29, 1.82) is 0 Å². The molecular formula is C8H17ClN2O3S. The lowest BCUT2D eigenvalue weighted by molar-refractivity contribution is -0.146. The van der Waals surface area contributed by atoms with E-state index >= 15 is 0 Å². The quantitative estimate of drug-likeness (QED) is 0.686. The zero-order valence-electron chi connectivity index (χ0n) is 9.06. The number of thioether (sulfide) groups is 1. The normalized spacial score (nSPS) is 11.2. The first-order chi connectivity index (χ1) is 6.52. The van der Waals surface area contributed by atoms with Crippen LogP contribution < -0.4 is 5.73 Å². The van der Waals surface area contributed by atoms with Crippen LogP contribution in [0.5, 0.6) is 0 Å². The number of likely N-dealkylation sites (N-methyl/N-ethyl adjacent to an activating group) is 1. The Kier molecular flexibility index (Phi) is 9.96. The molecule has 0 bridgehead atoms. The summed E-state index contributed by atoms with van der Waals surface area (Å²) < 4.78 is 4.43. The SMILES string of the molecule is COC(=O)CN(C)C(=O)C(N)CSC.Cl. The number of hydrogen-bond acceptors (Lipinski definition) is 5. The molecule has 0 aliphatic rings. The molecule has 15 heavy (non-hydrogen) atoms. The number of methoxy groups -OCH3 is 1. The Hall–Kier alpha value is -0.460. The highest BCUT2D eigenvalue weighted by molar-refractivity contribution is 7.98. The standard InChI is InChI=1S/C8H16N2O3S.ClH/c1-10(4-7(11)13-2)8(12)6(9)5-14-3;/h6H,4-5,9H2,1-3H3;1H. The molecule has 0 aromatic carbocycles. The molecule has 1 atom stereocenters. The van der Waals surface area contributed by atoms with Crippen molar-refractivity contribution in [2.45, 2.75) is 6.04 Å². The summed E-state index contributed by atoms with van der Waals surface area (Å²) in [7, 11) is 2.81. The molecule has 0 fully saturated rings. The highest BCUT2D eigenvalue weighted by atomic mass is 35.5. The van der Waals surface area contributed by atoms with Gasteiger partial charge in [0.1, 0.15) is 6.54 Å². The van der Waals surface area contributed by atoms with E-state index in [1.165, 1.54) is 30.8 Å². The second kappa shape index (κ2) is 8.82. The molecule has 0 saturated carbocycles. The monoisotopic (exact) mass is 256 g/mol. The van der Waals surface area contributed by atoms with Crippen molar-refractivity contribution in [3.05, 3.63) is 0 Å². The van der Waals surface area contributed by atoms with Crippen molar-refractivity contribution >= 4 is 36.0 Å². The van der Waals surface area contributed by atoms with E-state index < -0.39 is 12.0 Å². The molecule has 7 heteroatoms. The predicted octanol–water partition coefficient (Wildman–Crippen LogP) is -0.270. The van der Waals surface area contributed by atoms with E-state index in [2.05, 4.69) is 4.74 Å².